The Hall–Kier alpha value is -2.19. The van der Waals surface area contributed by atoms with Crippen LogP contribution in [0.15, 0.2) is 0 Å². The minimum atomic E-state index is -1.49. The zero-order chi connectivity index (χ0) is 22.5. The number of alkyl halides is 1. The van der Waals surface area contributed by atoms with Gasteiger partial charge in [0.2, 0.25) is 23.6 Å². The van der Waals surface area contributed by atoms with Crippen molar-refractivity contribution in [2.45, 2.75) is 83.0 Å². The van der Waals surface area contributed by atoms with Crippen LogP contribution in [-0.2, 0) is 19.2 Å². The van der Waals surface area contributed by atoms with Gasteiger partial charge in [-0.25, -0.2) is 4.39 Å². The molecule has 0 radical (unpaired) electrons. The molecule has 168 valence electrons. The molecule has 4 atom stereocenters. The number of rotatable bonds is 9. The second-order valence-electron chi connectivity index (χ2n) is 10.6. The number of hydrogen-bond donors (Lipinski definition) is 4. The highest BCUT2D eigenvalue weighted by molar-refractivity contribution is 5.92. The zero-order valence-electron chi connectivity index (χ0n) is 17.9. The fourth-order valence-corrected chi connectivity index (χ4v) is 4.78. The molecule has 1 unspecified atom stereocenters. The third kappa shape index (κ3) is 4.92. The van der Waals surface area contributed by atoms with E-state index in [2.05, 4.69) is 10.6 Å². The topological polar surface area (TPSA) is 144 Å². The summed E-state index contributed by atoms with van der Waals surface area (Å²) in [6.07, 6.45) is 3.03. The van der Waals surface area contributed by atoms with Crippen molar-refractivity contribution in [1.82, 2.24) is 10.6 Å². The van der Waals surface area contributed by atoms with Gasteiger partial charge in [-0.3, -0.25) is 19.2 Å². The molecule has 9 heteroatoms. The summed E-state index contributed by atoms with van der Waals surface area (Å²) in [7, 11) is 0. The van der Waals surface area contributed by atoms with Crippen molar-refractivity contribution in [2.75, 3.05) is 0 Å². The predicted molar refractivity (Wildman–Crippen MR) is 107 cm³/mol. The fourth-order valence-electron chi connectivity index (χ4n) is 4.78. The van der Waals surface area contributed by atoms with Crippen LogP contribution in [0.25, 0.3) is 0 Å². The van der Waals surface area contributed by atoms with Crippen LogP contribution in [0.3, 0.4) is 0 Å². The van der Waals surface area contributed by atoms with Crippen molar-refractivity contribution in [3.05, 3.63) is 0 Å². The summed E-state index contributed by atoms with van der Waals surface area (Å²) in [6, 6.07) is -1.08. The highest BCUT2D eigenvalue weighted by Crippen LogP contribution is 2.49. The predicted octanol–water partition coefficient (Wildman–Crippen LogP) is 0.671. The molecule has 30 heavy (non-hydrogen) atoms. The van der Waals surface area contributed by atoms with Gasteiger partial charge in [-0.1, -0.05) is 20.8 Å². The first-order valence-electron chi connectivity index (χ1n) is 10.7. The van der Waals surface area contributed by atoms with E-state index in [-0.39, 0.29) is 24.3 Å². The van der Waals surface area contributed by atoms with E-state index in [0.717, 1.165) is 12.8 Å². The minimum Gasteiger partial charge on any atom is -0.369 e. The van der Waals surface area contributed by atoms with Crippen molar-refractivity contribution in [3.8, 4) is 0 Å². The van der Waals surface area contributed by atoms with Gasteiger partial charge in [0.1, 0.15) is 11.7 Å². The third-order valence-electron chi connectivity index (χ3n) is 6.79. The fraction of sp³-hybridized carbons (Fsp3) is 0.810. The van der Waals surface area contributed by atoms with E-state index >= 15 is 0 Å². The second kappa shape index (κ2) is 7.50. The van der Waals surface area contributed by atoms with Crippen LogP contribution in [0.5, 0.6) is 0 Å². The number of primary amides is 2. The molecular weight excluding hydrogens is 391 g/mol. The van der Waals surface area contributed by atoms with Crippen LogP contribution < -0.4 is 22.1 Å². The van der Waals surface area contributed by atoms with E-state index in [1.807, 2.05) is 0 Å². The average molecular weight is 425 g/mol. The summed E-state index contributed by atoms with van der Waals surface area (Å²) in [5.41, 5.74) is 8.77. The van der Waals surface area contributed by atoms with E-state index in [9.17, 15) is 23.6 Å². The molecule has 0 aromatic rings. The van der Waals surface area contributed by atoms with Crippen molar-refractivity contribution >= 4 is 23.6 Å². The van der Waals surface area contributed by atoms with E-state index in [1.54, 1.807) is 20.8 Å². The van der Waals surface area contributed by atoms with Gasteiger partial charge < -0.3 is 22.1 Å². The maximum atomic E-state index is 14.6. The Labute approximate surface area is 176 Å². The SMILES string of the molecule is CC(C)(C)C(C(N)=O)[C@H](CC1(F)CC1)C(=O)N[C@@H](C[C@@H]1CC2(CC2)NC1=O)C(N)=O. The van der Waals surface area contributed by atoms with Gasteiger partial charge in [-0.05, 0) is 50.4 Å². The standard InChI is InChI=1S/C21H33FN4O4/c1-19(2,3)14(16(24)28)12(10-20(22)4-5-20)18(30)25-13(15(23)27)8-11-9-21(6-7-21)26-17(11)29/h11-14H,4-10H2,1-3H3,(H2,23,27)(H2,24,28)(H,25,30)(H,26,29)/t11-,12+,13+,14?/m1/s1. The number of amides is 4. The summed E-state index contributed by atoms with van der Waals surface area (Å²) < 4.78 is 14.6. The molecule has 1 aliphatic heterocycles. The minimum absolute atomic E-state index is 0.0822. The Balaban J connectivity index is 1.75. The molecule has 6 N–H and O–H groups in total. The third-order valence-corrected chi connectivity index (χ3v) is 6.79. The summed E-state index contributed by atoms with van der Waals surface area (Å²) in [5.74, 6) is -4.58. The maximum absolute atomic E-state index is 14.6. The molecule has 1 saturated heterocycles. The molecule has 8 nitrogen and oxygen atoms in total. The first-order valence-corrected chi connectivity index (χ1v) is 10.7. The lowest BCUT2D eigenvalue weighted by Gasteiger charge is -2.35. The number of carbonyl (C=O) groups is 4. The second-order valence-corrected chi connectivity index (χ2v) is 10.6. The molecule has 3 rings (SSSR count). The van der Waals surface area contributed by atoms with Crippen molar-refractivity contribution in [3.63, 3.8) is 0 Å². The average Bonchev–Trinajstić information content (AvgIpc) is 3.48. The number of hydrogen-bond acceptors (Lipinski definition) is 4. The Morgan fingerprint density at radius 3 is 2.17 bits per heavy atom. The molecule has 0 aromatic carbocycles. The number of nitrogens with two attached hydrogens (primary N) is 2. The Kier molecular flexibility index (Phi) is 5.62. The number of halogens is 1. The number of carbonyl (C=O) groups excluding carboxylic acids is 4. The van der Waals surface area contributed by atoms with Gasteiger partial charge in [-0.15, -0.1) is 0 Å². The monoisotopic (exact) mass is 424 g/mol. The van der Waals surface area contributed by atoms with Crippen molar-refractivity contribution in [2.24, 2.45) is 34.6 Å². The number of nitrogens with one attached hydrogen (secondary N) is 2. The van der Waals surface area contributed by atoms with E-state index in [4.69, 9.17) is 11.5 Å². The van der Waals surface area contributed by atoms with Crippen molar-refractivity contribution < 1.29 is 23.6 Å². The molecule has 1 spiro atoms. The van der Waals surface area contributed by atoms with Crippen LogP contribution in [0, 0.1) is 23.2 Å². The van der Waals surface area contributed by atoms with Crippen LogP contribution in [0.2, 0.25) is 0 Å². The smallest absolute Gasteiger partial charge is 0.240 e. The van der Waals surface area contributed by atoms with Crippen molar-refractivity contribution in [1.29, 1.82) is 0 Å². The first kappa shape index (κ1) is 22.5. The van der Waals surface area contributed by atoms with Gasteiger partial charge in [-0.2, -0.15) is 0 Å². The summed E-state index contributed by atoms with van der Waals surface area (Å²) in [5, 5.41) is 5.55. The molecule has 2 saturated carbocycles. The highest BCUT2D eigenvalue weighted by Gasteiger charge is 2.54. The molecule has 0 bridgehead atoms. The van der Waals surface area contributed by atoms with E-state index in [0.29, 0.717) is 19.3 Å². The molecule has 4 amide bonds. The summed E-state index contributed by atoms with van der Waals surface area (Å²) in [4.78, 5) is 49.6. The van der Waals surface area contributed by atoms with Gasteiger partial charge in [0.15, 0.2) is 0 Å². The molecule has 2 aliphatic carbocycles. The molecule has 0 aromatic heterocycles. The van der Waals surface area contributed by atoms with Gasteiger partial charge >= 0.3 is 0 Å². The quantitative estimate of drug-likeness (QED) is 0.431. The lowest BCUT2D eigenvalue weighted by Crippen LogP contribution is -2.52. The maximum Gasteiger partial charge on any atom is 0.240 e. The lowest BCUT2D eigenvalue weighted by molar-refractivity contribution is -0.140. The highest BCUT2D eigenvalue weighted by atomic mass is 19.1. The Bertz CT molecular complexity index is 755. The van der Waals surface area contributed by atoms with Gasteiger partial charge in [0.25, 0.3) is 0 Å². The van der Waals surface area contributed by atoms with Crippen LogP contribution in [-0.4, -0.2) is 40.9 Å². The van der Waals surface area contributed by atoms with Crippen LogP contribution >= 0.6 is 0 Å². The molecule has 3 fully saturated rings. The Morgan fingerprint density at radius 2 is 1.77 bits per heavy atom. The summed E-state index contributed by atoms with van der Waals surface area (Å²) in [6.45, 7) is 5.30. The molecular formula is C21H33FN4O4. The van der Waals surface area contributed by atoms with E-state index < -0.39 is 52.6 Å². The van der Waals surface area contributed by atoms with E-state index in [1.165, 1.54) is 0 Å². The summed E-state index contributed by atoms with van der Waals surface area (Å²) >= 11 is 0. The van der Waals surface area contributed by atoms with Crippen LogP contribution in [0.1, 0.15) is 65.7 Å². The van der Waals surface area contributed by atoms with Gasteiger partial charge in [0, 0.05) is 11.5 Å². The molecule has 3 aliphatic rings. The first-order chi connectivity index (χ1) is 13.8. The zero-order valence-corrected chi connectivity index (χ0v) is 17.9. The van der Waals surface area contributed by atoms with Crippen LogP contribution in [0.4, 0.5) is 4.39 Å². The normalized spacial score (nSPS) is 26.4. The lowest BCUT2D eigenvalue weighted by atomic mass is 9.70. The Morgan fingerprint density at radius 1 is 1.17 bits per heavy atom. The molecule has 1 heterocycles. The largest absolute Gasteiger partial charge is 0.369 e. The van der Waals surface area contributed by atoms with Gasteiger partial charge in [0.05, 0.1) is 11.8 Å².